The maximum absolute atomic E-state index is 13.0. The van der Waals surface area contributed by atoms with Gasteiger partial charge in [0.1, 0.15) is 0 Å². The molecule has 0 bridgehead atoms. The molecule has 0 radical (unpaired) electrons. The van der Waals surface area contributed by atoms with Crippen LogP contribution in [0.1, 0.15) is 102 Å². The van der Waals surface area contributed by atoms with Crippen molar-refractivity contribution < 1.29 is 5.11 Å². The van der Waals surface area contributed by atoms with Crippen molar-refractivity contribution in [2.24, 2.45) is 0 Å². The van der Waals surface area contributed by atoms with E-state index in [-0.39, 0.29) is 5.75 Å². The van der Waals surface area contributed by atoms with E-state index in [0.717, 1.165) is 18.2 Å². The number of unbranched alkanes of at least 4 members (excludes halogenated alkanes) is 13. The number of hydrogen-bond acceptors (Lipinski definition) is 2. The van der Waals surface area contributed by atoms with Crippen LogP contribution in [0.4, 0.5) is 5.69 Å². The molecule has 0 saturated carbocycles. The highest BCUT2D eigenvalue weighted by Crippen LogP contribution is 2.41. The summed E-state index contributed by atoms with van der Waals surface area (Å²) in [7, 11) is 0. The summed E-state index contributed by atoms with van der Waals surface area (Å²) >= 11 is 0. The van der Waals surface area contributed by atoms with Gasteiger partial charge in [-0.05, 0) is 41.3 Å². The van der Waals surface area contributed by atoms with E-state index in [1.54, 1.807) is 0 Å². The van der Waals surface area contributed by atoms with Crippen molar-refractivity contribution in [3.8, 4) is 5.75 Å². The van der Waals surface area contributed by atoms with Gasteiger partial charge in [-0.2, -0.15) is 0 Å². The van der Waals surface area contributed by atoms with E-state index in [0.29, 0.717) is 21.8 Å². The minimum absolute atomic E-state index is 0.0239. The third-order valence-corrected chi connectivity index (χ3v) is 6.93. The fraction of sp³-hybridized carbons (Fsp3) is 0.533. The summed E-state index contributed by atoms with van der Waals surface area (Å²) in [6.45, 7) is 2.28. The Morgan fingerprint density at radius 2 is 1.15 bits per heavy atom. The van der Waals surface area contributed by atoms with Gasteiger partial charge in [-0.1, -0.05) is 126 Å². The summed E-state index contributed by atoms with van der Waals surface area (Å²) in [4.78, 5) is 3.50. The number of rotatable bonds is 15. The Labute approximate surface area is 199 Å². The van der Waals surface area contributed by atoms with Gasteiger partial charge < -0.3 is 5.11 Å². The van der Waals surface area contributed by atoms with Crippen LogP contribution in [-0.2, 0) is 6.42 Å². The van der Waals surface area contributed by atoms with E-state index in [2.05, 4.69) is 18.0 Å². The van der Waals surface area contributed by atoms with Crippen molar-refractivity contribution in [1.82, 2.24) is 0 Å². The quantitative estimate of drug-likeness (QED) is 0.133. The van der Waals surface area contributed by atoms with Gasteiger partial charge in [0, 0.05) is 0 Å². The summed E-state index contributed by atoms with van der Waals surface area (Å²) in [6.07, 6.45) is 20.0. The maximum atomic E-state index is 13.0. The van der Waals surface area contributed by atoms with Crippen LogP contribution >= 0.6 is 0 Å². The second kappa shape index (κ2) is 13.8. The highest BCUT2D eigenvalue weighted by molar-refractivity contribution is 6.15. The monoisotopic (exact) mass is 444 g/mol. The Balaban J connectivity index is 1.37. The Kier molecular flexibility index (Phi) is 10.5. The first-order valence-corrected chi connectivity index (χ1v) is 13.3. The Morgan fingerprint density at radius 1 is 0.636 bits per heavy atom. The SMILES string of the molecule is CCCCCCCCCCCCCCCCc1ccc2c([N+]#N)c3ccccc3c([O-])c2c1. The molecule has 3 aromatic rings. The standard InChI is InChI=1S/C30H40N2O/c1-2-3-4-5-6-7-8-9-10-11-12-13-14-15-18-24-21-22-26-28(23-24)30(33)27-20-17-16-19-25(27)29(26)32-31/h16-17,19-23H,2-15,18H2,1H3. The smallest absolute Gasteiger partial charge is 0.400 e. The molecule has 3 heteroatoms. The second-order valence-corrected chi connectivity index (χ2v) is 9.55. The van der Waals surface area contributed by atoms with Gasteiger partial charge in [-0.25, -0.2) is 0 Å². The fourth-order valence-electron chi connectivity index (χ4n) is 4.95. The first-order chi connectivity index (χ1) is 16.3. The molecule has 33 heavy (non-hydrogen) atoms. The third kappa shape index (κ3) is 7.19. The average molecular weight is 445 g/mol. The summed E-state index contributed by atoms with van der Waals surface area (Å²) in [5, 5.41) is 25.3. The summed E-state index contributed by atoms with van der Waals surface area (Å²) in [5.74, 6) is 0.0239. The number of diazo groups is 1. The molecule has 0 saturated heterocycles. The minimum Gasteiger partial charge on any atom is -0.872 e. The molecule has 3 aromatic carbocycles. The van der Waals surface area contributed by atoms with Crippen molar-refractivity contribution in [3.63, 3.8) is 0 Å². The normalized spacial score (nSPS) is 11.3. The van der Waals surface area contributed by atoms with Crippen LogP contribution in [0.25, 0.3) is 26.5 Å². The van der Waals surface area contributed by atoms with E-state index >= 15 is 0 Å². The predicted molar refractivity (Wildman–Crippen MR) is 140 cm³/mol. The molecule has 0 unspecified atom stereocenters. The molecule has 0 atom stereocenters. The predicted octanol–water partition coefficient (Wildman–Crippen LogP) is 9.57. The van der Waals surface area contributed by atoms with Crippen LogP contribution in [-0.4, -0.2) is 0 Å². The second-order valence-electron chi connectivity index (χ2n) is 9.55. The topological polar surface area (TPSA) is 51.2 Å². The molecule has 176 valence electrons. The molecule has 0 aliphatic carbocycles. The lowest BCUT2D eigenvalue weighted by molar-refractivity contribution is -0.263. The molecule has 0 spiro atoms. The Morgan fingerprint density at radius 3 is 1.73 bits per heavy atom. The molecule has 0 heterocycles. The fourth-order valence-corrected chi connectivity index (χ4v) is 4.95. The lowest BCUT2D eigenvalue weighted by atomic mass is 9.96. The van der Waals surface area contributed by atoms with Crippen molar-refractivity contribution >= 4 is 27.2 Å². The number of nitrogens with zero attached hydrogens (tertiary/aromatic N) is 2. The van der Waals surface area contributed by atoms with Crippen LogP contribution in [0.15, 0.2) is 42.5 Å². The molecular weight excluding hydrogens is 404 g/mol. The third-order valence-electron chi connectivity index (χ3n) is 6.93. The van der Waals surface area contributed by atoms with Crippen LogP contribution in [0.2, 0.25) is 0 Å². The lowest BCUT2D eigenvalue weighted by Crippen LogP contribution is -1.95. The van der Waals surface area contributed by atoms with Gasteiger partial charge in [0.15, 0.2) is 4.98 Å². The summed E-state index contributed by atoms with van der Waals surface area (Å²) < 4.78 is 0. The largest absolute Gasteiger partial charge is 0.872 e. The minimum atomic E-state index is 0.0239. The Hall–Kier alpha value is -2.60. The van der Waals surface area contributed by atoms with Crippen molar-refractivity contribution in [2.45, 2.75) is 103 Å². The highest BCUT2D eigenvalue weighted by atomic mass is 16.3. The molecule has 0 aliphatic heterocycles. The zero-order valence-electron chi connectivity index (χ0n) is 20.5. The molecule has 0 aromatic heterocycles. The molecule has 0 fully saturated rings. The van der Waals surface area contributed by atoms with E-state index in [4.69, 9.17) is 0 Å². The van der Waals surface area contributed by atoms with Gasteiger partial charge in [0.05, 0.1) is 10.8 Å². The highest BCUT2D eigenvalue weighted by Gasteiger charge is 2.18. The van der Waals surface area contributed by atoms with Gasteiger partial charge in [-0.3, -0.25) is 0 Å². The van der Waals surface area contributed by atoms with Crippen LogP contribution in [0.5, 0.6) is 5.75 Å². The van der Waals surface area contributed by atoms with Crippen LogP contribution in [0, 0.1) is 5.39 Å². The first-order valence-electron chi connectivity index (χ1n) is 13.3. The number of hydrogen-bond donors (Lipinski definition) is 0. The summed E-state index contributed by atoms with van der Waals surface area (Å²) in [5.41, 5.74) is 1.68. The number of aryl methyl sites for hydroxylation is 1. The van der Waals surface area contributed by atoms with Crippen molar-refractivity contribution in [2.75, 3.05) is 0 Å². The van der Waals surface area contributed by atoms with E-state index in [1.165, 1.54) is 89.0 Å². The lowest BCUT2D eigenvalue weighted by Gasteiger charge is -2.14. The van der Waals surface area contributed by atoms with E-state index in [1.807, 2.05) is 36.4 Å². The zero-order valence-corrected chi connectivity index (χ0v) is 20.5. The van der Waals surface area contributed by atoms with Gasteiger partial charge in [0.25, 0.3) is 0 Å². The molecular formula is C30H40N2O. The van der Waals surface area contributed by atoms with Crippen LogP contribution < -0.4 is 5.11 Å². The van der Waals surface area contributed by atoms with Gasteiger partial charge >= 0.3 is 5.69 Å². The average Bonchev–Trinajstić information content (AvgIpc) is 2.85. The van der Waals surface area contributed by atoms with E-state index < -0.39 is 0 Å². The maximum Gasteiger partial charge on any atom is 0.400 e. The first kappa shape index (κ1) is 25.0. The number of benzene rings is 3. The molecule has 3 nitrogen and oxygen atoms in total. The van der Waals surface area contributed by atoms with Crippen LogP contribution in [0.3, 0.4) is 0 Å². The molecule has 0 aliphatic rings. The molecule has 0 amide bonds. The summed E-state index contributed by atoms with van der Waals surface area (Å²) in [6, 6.07) is 13.4. The van der Waals surface area contributed by atoms with Gasteiger partial charge in [-0.15, -0.1) is 0 Å². The zero-order chi connectivity index (χ0) is 23.3. The molecule has 0 N–H and O–H groups in total. The van der Waals surface area contributed by atoms with Gasteiger partial charge in [0.2, 0.25) is 5.39 Å². The number of fused-ring (bicyclic) bond motifs is 2. The molecule has 3 rings (SSSR count). The van der Waals surface area contributed by atoms with Crippen molar-refractivity contribution in [3.05, 3.63) is 53.0 Å². The Bertz CT molecular complexity index is 1050. The van der Waals surface area contributed by atoms with Crippen molar-refractivity contribution in [1.29, 1.82) is 5.39 Å². The van der Waals surface area contributed by atoms with E-state index in [9.17, 15) is 10.5 Å².